The Balaban J connectivity index is 2.66. The van der Waals surface area contributed by atoms with Crippen molar-refractivity contribution >= 4 is 5.69 Å². The minimum atomic E-state index is -0.483. The van der Waals surface area contributed by atoms with Crippen LogP contribution in [-0.4, -0.2) is 7.05 Å². The number of para-hydroxylation sites is 1. The molecule has 0 amide bonds. The van der Waals surface area contributed by atoms with E-state index in [4.69, 9.17) is 5.26 Å². The van der Waals surface area contributed by atoms with Crippen LogP contribution < -0.4 is 4.90 Å². The molecule has 2 rings (SSSR count). The van der Waals surface area contributed by atoms with Crippen LogP contribution in [0.25, 0.3) is 0 Å². The minimum Gasteiger partial charge on any atom is -0.351 e. The Hall–Kier alpha value is -1.75. The first-order valence-corrected chi connectivity index (χ1v) is 4.60. The summed E-state index contributed by atoms with van der Waals surface area (Å²) in [6.45, 7) is 1.94. The van der Waals surface area contributed by atoms with E-state index in [9.17, 15) is 0 Å². The molecule has 0 bridgehead atoms. The highest BCUT2D eigenvalue weighted by Gasteiger charge is 2.29. The molecule has 1 heterocycles. The lowest BCUT2D eigenvalue weighted by atomic mass is 9.81. The first kappa shape index (κ1) is 8.83. The van der Waals surface area contributed by atoms with Crippen LogP contribution in [0.4, 0.5) is 5.69 Å². The molecule has 0 spiro atoms. The first-order chi connectivity index (χ1) is 6.67. The van der Waals surface area contributed by atoms with Gasteiger partial charge in [0.1, 0.15) is 5.41 Å². The van der Waals surface area contributed by atoms with E-state index >= 15 is 0 Å². The Morgan fingerprint density at radius 3 is 2.79 bits per heavy atom. The number of anilines is 1. The maximum atomic E-state index is 9.16. The highest BCUT2D eigenvalue weighted by molar-refractivity contribution is 5.64. The van der Waals surface area contributed by atoms with Gasteiger partial charge in [-0.1, -0.05) is 18.2 Å². The maximum absolute atomic E-state index is 9.16. The molecule has 1 aromatic rings. The summed E-state index contributed by atoms with van der Waals surface area (Å²) in [4.78, 5) is 2.04. The average Bonchev–Trinajstić information content (AvgIpc) is 2.24. The molecule has 0 radical (unpaired) electrons. The molecular weight excluding hydrogens is 172 g/mol. The predicted octanol–water partition coefficient (Wildman–Crippen LogP) is 2.43. The summed E-state index contributed by atoms with van der Waals surface area (Å²) in [5.41, 5.74) is 1.70. The summed E-state index contributed by atoms with van der Waals surface area (Å²) in [6, 6.07) is 10.4. The van der Waals surface area contributed by atoms with Crippen molar-refractivity contribution in [3.05, 3.63) is 42.1 Å². The Kier molecular flexibility index (Phi) is 1.82. The van der Waals surface area contributed by atoms with Gasteiger partial charge < -0.3 is 4.90 Å². The zero-order valence-corrected chi connectivity index (χ0v) is 8.36. The van der Waals surface area contributed by atoms with Crippen molar-refractivity contribution in [2.24, 2.45) is 0 Å². The van der Waals surface area contributed by atoms with Gasteiger partial charge in [-0.25, -0.2) is 0 Å². The lowest BCUT2D eigenvalue weighted by Gasteiger charge is -2.30. The molecule has 70 valence electrons. The summed E-state index contributed by atoms with van der Waals surface area (Å²) in [7, 11) is 1.99. The van der Waals surface area contributed by atoms with Gasteiger partial charge in [-0.15, -0.1) is 0 Å². The van der Waals surface area contributed by atoms with Crippen molar-refractivity contribution in [2.75, 3.05) is 11.9 Å². The lowest BCUT2D eigenvalue weighted by Crippen LogP contribution is -2.26. The van der Waals surface area contributed by atoms with Crippen molar-refractivity contribution in [3.63, 3.8) is 0 Å². The summed E-state index contributed by atoms with van der Waals surface area (Å²) in [5, 5.41) is 9.16. The van der Waals surface area contributed by atoms with Crippen molar-refractivity contribution in [1.82, 2.24) is 0 Å². The van der Waals surface area contributed by atoms with Gasteiger partial charge in [0.2, 0.25) is 0 Å². The van der Waals surface area contributed by atoms with E-state index in [1.807, 2.05) is 55.4 Å². The van der Waals surface area contributed by atoms with Gasteiger partial charge in [0.25, 0.3) is 0 Å². The van der Waals surface area contributed by atoms with E-state index in [1.165, 1.54) is 0 Å². The molecule has 1 aliphatic heterocycles. The summed E-state index contributed by atoms with van der Waals surface area (Å²) in [6.07, 6.45) is 3.89. The van der Waals surface area contributed by atoms with Crippen LogP contribution in [-0.2, 0) is 5.41 Å². The third-order valence-corrected chi connectivity index (χ3v) is 2.71. The number of allylic oxidation sites excluding steroid dienone is 1. The van der Waals surface area contributed by atoms with E-state index in [0.717, 1.165) is 11.3 Å². The van der Waals surface area contributed by atoms with Crippen LogP contribution in [0.15, 0.2) is 36.5 Å². The number of nitrogens with zero attached hydrogens (tertiary/aromatic N) is 2. The smallest absolute Gasteiger partial charge is 0.101 e. The summed E-state index contributed by atoms with van der Waals surface area (Å²) >= 11 is 0. The van der Waals surface area contributed by atoms with E-state index in [0.29, 0.717) is 0 Å². The van der Waals surface area contributed by atoms with E-state index < -0.39 is 5.41 Å². The highest BCUT2D eigenvalue weighted by atomic mass is 15.1. The van der Waals surface area contributed by atoms with Crippen LogP contribution >= 0.6 is 0 Å². The Morgan fingerprint density at radius 2 is 2.07 bits per heavy atom. The van der Waals surface area contributed by atoms with Crippen LogP contribution in [0, 0.1) is 11.3 Å². The Labute approximate surface area is 84.1 Å². The van der Waals surface area contributed by atoms with E-state index in [2.05, 4.69) is 6.07 Å². The van der Waals surface area contributed by atoms with Crippen molar-refractivity contribution < 1.29 is 0 Å². The van der Waals surface area contributed by atoms with Crippen molar-refractivity contribution in [3.8, 4) is 6.07 Å². The molecule has 0 saturated carbocycles. The number of fused-ring (bicyclic) bond motifs is 1. The van der Waals surface area contributed by atoms with E-state index in [-0.39, 0.29) is 0 Å². The van der Waals surface area contributed by atoms with Crippen molar-refractivity contribution in [2.45, 2.75) is 12.3 Å². The quantitative estimate of drug-likeness (QED) is 0.619. The van der Waals surface area contributed by atoms with Gasteiger partial charge in [-0.3, -0.25) is 0 Å². The van der Waals surface area contributed by atoms with Gasteiger partial charge in [-0.05, 0) is 24.6 Å². The third kappa shape index (κ3) is 1.10. The largest absolute Gasteiger partial charge is 0.351 e. The van der Waals surface area contributed by atoms with E-state index in [1.54, 1.807) is 0 Å². The molecule has 2 nitrogen and oxygen atoms in total. The van der Waals surface area contributed by atoms with Crippen molar-refractivity contribution in [1.29, 1.82) is 5.26 Å². The first-order valence-electron chi connectivity index (χ1n) is 4.60. The molecule has 2 heteroatoms. The molecule has 14 heavy (non-hydrogen) atoms. The number of rotatable bonds is 0. The standard InChI is InChI=1S/C12H12N2/c1-12(9-13)7-8-14(2)11-6-4-3-5-10(11)12/h3-8H,1-2H3. The fourth-order valence-corrected chi connectivity index (χ4v) is 1.75. The van der Waals surface area contributed by atoms with Gasteiger partial charge >= 0.3 is 0 Å². The third-order valence-electron chi connectivity index (χ3n) is 2.71. The van der Waals surface area contributed by atoms with Crippen LogP contribution in [0.5, 0.6) is 0 Å². The number of nitriles is 1. The fourth-order valence-electron chi connectivity index (χ4n) is 1.75. The summed E-state index contributed by atoms with van der Waals surface area (Å²) in [5.74, 6) is 0. The van der Waals surface area contributed by atoms with Gasteiger partial charge in [-0.2, -0.15) is 5.26 Å². The normalized spacial score (nSPS) is 24.2. The molecule has 0 saturated heterocycles. The van der Waals surface area contributed by atoms with Gasteiger partial charge in [0.15, 0.2) is 0 Å². The molecule has 1 aliphatic rings. The number of benzene rings is 1. The average molecular weight is 184 g/mol. The number of hydrogen-bond acceptors (Lipinski definition) is 2. The molecule has 0 aromatic heterocycles. The Bertz CT molecular complexity index is 428. The lowest BCUT2D eigenvalue weighted by molar-refractivity contribution is 0.754. The second kappa shape index (κ2) is 2.88. The van der Waals surface area contributed by atoms with Gasteiger partial charge in [0, 0.05) is 18.9 Å². The predicted molar refractivity (Wildman–Crippen MR) is 57.0 cm³/mol. The minimum absolute atomic E-state index is 0.483. The Morgan fingerprint density at radius 1 is 1.36 bits per heavy atom. The number of hydrogen-bond donors (Lipinski definition) is 0. The second-order valence-corrected chi connectivity index (χ2v) is 3.76. The second-order valence-electron chi connectivity index (χ2n) is 3.76. The SMILES string of the molecule is CN1C=CC(C)(C#N)c2ccccc21. The zero-order valence-electron chi connectivity index (χ0n) is 8.36. The molecular formula is C12H12N2. The molecule has 1 atom stereocenters. The molecule has 0 fully saturated rings. The molecule has 0 aliphatic carbocycles. The van der Waals surface area contributed by atoms with Crippen LogP contribution in [0.3, 0.4) is 0 Å². The van der Waals surface area contributed by atoms with Gasteiger partial charge in [0.05, 0.1) is 6.07 Å². The topological polar surface area (TPSA) is 27.0 Å². The fraction of sp³-hybridized carbons (Fsp3) is 0.250. The van der Waals surface area contributed by atoms with Crippen LogP contribution in [0.1, 0.15) is 12.5 Å². The molecule has 1 aromatic carbocycles. The monoisotopic (exact) mass is 184 g/mol. The highest BCUT2D eigenvalue weighted by Crippen LogP contribution is 2.36. The maximum Gasteiger partial charge on any atom is 0.101 e. The summed E-state index contributed by atoms with van der Waals surface area (Å²) < 4.78 is 0. The zero-order chi connectivity index (χ0) is 10.2. The molecule has 1 unspecified atom stereocenters. The van der Waals surface area contributed by atoms with Crippen LogP contribution in [0.2, 0.25) is 0 Å². The molecule has 0 N–H and O–H groups in total.